The molecule has 0 aliphatic carbocycles. The van der Waals surface area contributed by atoms with E-state index in [1.165, 1.54) is 6.07 Å². The van der Waals surface area contributed by atoms with Gasteiger partial charge in [-0.05, 0) is 26.3 Å². The highest BCUT2D eigenvalue weighted by Gasteiger charge is 2.13. The summed E-state index contributed by atoms with van der Waals surface area (Å²) in [4.78, 5) is 10.5. The molecule has 2 rings (SSSR count). The third-order valence-electron chi connectivity index (χ3n) is 3.12. The summed E-state index contributed by atoms with van der Waals surface area (Å²) in [6.07, 6.45) is 3.46. The predicted molar refractivity (Wildman–Crippen MR) is 74.8 cm³/mol. The first-order valence-corrected chi connectivity index (χ1v) is 6.39. The average molecular weight is 275 g/mol. The summed E-state index contributed by atoms with van der Waals surface area (Å²) in [6, 6.07) is 5.26. The van der Waals surface area contributed by atoms with Gasteiger partial charge in [-0.2, -0.15) is 5.10 Å². The van der Waals surface area contributed by atoms with E-state index in [4.69, 9.17) is 4.74 Å². The summed E-state index contributed by atoms with van der Waals surface area (Å²) in [6.45, 7) is 6.08. The molecule has 0 spiro atoms. The van der Waals surface area contributed by atoms with Gasteiger partial charge in [-0.1, -0.05) is 12.1 Å². The first-order chi connectivity index (χ1) is 9.49. The summed E-state index contributed by atoms with van der Waals surface area (Å²) in [5, 5.41) is 15.1. The van der Waals surface area contributed by atoms with Gasteiger partial charge in [0.15, 0.2) is 5.75 Å². The number of aromatic nitrogens is 2. The van der Waals surface area contributed by atoms with E-state index < -0.39 is 0 Å². The van der Waals surface area contributed by atoms with Gasteiger partial charge in [0.1, 0.15) is 6.61 Å². The fourth-order valence-electron chi connectivity index (χ4n) is 1.86. The summed E-state index contributed by atoms with van der Waals surface area (Å²) in [5.41, 5.74) is 1.55. The smallest absolute Gasteiger partial charge is 0.272 e. The minimum absolute atomic E-state index is 0.115. The van der Waals surface area contributed by atoms with E-state index in [1.54, 1.807) is 23.9 Å². The molecule has 6 heteroatoms. The molecular formula is C14H17N3O3. The normalized spacial score (nSPS) is 10.8. The van der Waals surface area contributed by atoms with Gasteiger partial charge in [0.25, 0.3) is 5.69 Å². The van der Waals surface area contributed by atoms with Gasteiger partial charge >= 0.3 is 0 Å². The summed E-state index contributed by atoms with van der Waals surface area (Å²) in [7, 11) is 0. The highest BCUT2D eigenvalue weighted by Crippen LogP contribution is 2.22. The number of rotatable bonds is 5. The quantitative estimate of drug-likeness (QED) is 0.620. The number of nitro benzene ring substituents is 1. The maximum Gasteiger partial charge on any atom is 0.272 e. The Hall–Kier alpha value is -2.37. The molecule has 1 aromatic carbocycles. The van der Waals surface area contributed by atoms with Crippen LogP contribution in [0, 0.1) is 17.0 Å². The predicted octanol–water partition coefficient (Wildman–Crippen LogP) is 3.26. The van der Waals surface area contributed by atoms with E-state index >= 15 is 0 Å². The molecule has 0 fully saturated rings. The second-order valence-corrected chi connectivity index (χ2v) is 4.86. The monoisotopic (exact) mass is 275 g/mol. The number of nitro groups is 1. The lowest BCUT2D eigenvalue weighted by molar-refractivity contribution is -0.385. The molecule has 1 heterocycles. The van der Waals surface area contributed by atoms with Crippen molar-refractivity contribution < 1.29 is 9.66 Å². The van der Waals surface area contributed by atoms with Crippen molar-refractivity contribution in [3.63, 3.8) is 0 Å². The van der Waals surface area contributed by atoms with Crippen LogP contribution in [0.25, 0.3) is 0 Å². The minimum Gasteiger partial charge on any atom is -0.486 e. The Morgan fingerprint density at radius 2 is 2.20 bits per heavy atom. The Morgan fingerprint density at radius 3 is 2.80 bits per heavy atom. The Balaban J connectivity index is 2.10. The standard InChI is InChI=1S/C14H17N3O3/c1-10(2)16-8-13(7-15-16)20-9-12-5-4-6-14(11(12)3)17(18)19/h4-8,10H,9H2,1-3H3. The van der Waals surface area contributed by atoms with Gasteiger partial charge in [0, 0.05) is 17.7 Å². The fourth-order valence-corrected chi connectivity index (χ4v) is 1.86. The molecule has 0 bridgehead atoms. The van der Waals surface area contributed by atoms with Crippen LogP contribution in [0.4, 0.5) is 5.69 Å². The summed E-state index contributed by atoms with van der Waals surface area (Å²) in [5.74, 6) is 0.657. The highest BCUT2D eigenvalue weighted by molar-refractivity contribution is 5.44. The van der Waals surface area contributed by atoms with Crippen LogP contribution in [0.5, 0.6) is 5.75 Å². The van der Waals surface area contributed by atoms with Crippen LogP contribution in [-0.2, 0) is 6.61 Å². The topological polar surface area (TPSA) is 70.2 Å². The van der Waals surface area contributed by atoms with Crippen molar-refractivity contribution in [3.8, 4) is 5.75 Å². The van der Waals surface area contributed by atoms with Crippen LogP contribution in [0.2, 0.25) is 0 Å². The van der Waals surface area contributed by atoms with Gasteiger partial charge in [-0.3, -0.25) is 14.8 Å². The maximum absolute atomic E-state index is 10.9. The Kier molecular flexibility index (Phi) is 4.02. The van der Waals surface area contributed by atoms with Crippen molar-refractivity contribution in [2.45, 2.75) is 33.4 Å². The molecule has 1 aromatic heterocycles. The van der Waals surface area contributed by atoms with Gasteiger partial charge < -0.3 is 4.74 Å². The molecule has 0 saturated heterocycles. The van der Waals surface area contributed by atoms with Crippen LogP contribution in [0.1, 0.15) is 31.0 Å². The van der Waals surface area contributed by atoms with Gasteiger partial charge in [-0.15, -0.1) is 0 Å². The summed E-state index contributed by atoms with van der Waals surface area (Å²) >= 11 is 0. The molecule has 0 saturated carbocycles. The van der Waals surface area contributed by atoms with Gasteiger partial charge in [-0.25, -0.2) is 0 Å². The molecule has 0 aliphatic heterocycles. The second kappa shape index (κ2) is 5.73. The van der Waals surface area contributed by atoms with Gasteiger partial charge in [0.05, 0.1) is 17.3 Å². The number of ether oxygens (including phenoxy) is 1. The molecule has 2 aromatic rings. The number of hydrogen-bond donors (Lipinski definition) is 0. The van der Waals surface area contributed by atoms with Crippen LogP contribution < -0.4 is 4.74 Å². The van der Waals surface area contributed by atoms with Crippen LogP contribution in [-0.4, -0.2) is 14.7 Å². The van der Waals surface area contributed by atoms with E-state index in [9.17, 15) is 10.1 Å². The molecule has 106 valence electrons. The van der Waals surface area contributed by atoms with Crippen molar-refractivity contribution in [3.05, 3.63) is 51.8 Å². The minimum atomic E-state index is -0.379. The zero-order chi connectivity index (χ0) is 14.7. The zero-order valence-electron chi connectivity index (χ0n) is 11.7. The van der Waals surface area contributed by atoms with E-state index in [1.807, 2.05) is 26.1 Å². The SMILES string of the molecule is Cc1c(COc2cnn(C(C)C)c2)cccc1[N+](=O)[O-]. The number of benzene rings is 1. The van der Waals surface area contributed by atoms with E-state index in [2.05, 4.69) is 5.10 Å². The first kappa shape index (κ1) is 14.0. The van der Waals surface area contributed by atoms with Crippen molar-refractivity contribution in [1.29, 1.82) is 0 Å². The zero-order valence-corrected chi connectivity index (χ0v) is 11.7. The molecule has 0 radical (unpaired) electrons. The van der Waals surface area contributed by atoms with Crippen LogP contribution in [0.3, 0.4) is 0 Å². The highest BCUT2D eigenvalue weighted by atomic mass is 16.6. The second-order valence-electron chi connectivity index (χ2n) is 4.86. The van der Waals surface area contributed by atoms with Crippen molar-refractivity contribution in [1.82, 2.24) is 9.78 Å². The van der Waals surface area contributed by atoms with Crippen molar-refractivity contribution in [2.24, 2.45) is 0 Å². The largest absolute Gasteiger partial charge is 0.486 e. The Bertz CT molecular complexity index is 620. The van der Waals surface area contributed by atoms with Gasteiger partial charge in [0.2, 0.25) is 0 Å². The Morgan fingerprint density at radius 1 is 1.45 bits per heavy atom. The first-order valence-electron chi connectivity index (χ1n) is 6.39. The van der Waals surface area contributed by atoms with E-state index in [0.717, 1.165) is 5.56 Å². The Labute approximate surface area is 117 Å². The van der Waals surface area contributed by atoms with E-state index in [-0.39, 0.29) is 23.3 Å². The molecule has 0 aliphatic rings. The van der Waals surface area contributed by atoms with Crippen LogP contribution >= 0.6 is 0 Å². The molecular weight excluding hydrogens is 258 g/mol. The lowest BCUT2D eigenvalue weighted by Gasteiger charge is -2.07. The molecule has 0 N–H and O–H groups in total. The van der Waals surface area contributed by atoms with Crippen molar-refractivity contribution >= 4 is 5.69 Å². The number of nitrogens with zero attached hydrogens (tertiary/aromatic N) is 3. The molecule has 6 nitrogen and oxygen atoms in total. The number of hydrogen-bond acceptors (Lipinski definition) is 4. The third-order valence-corrected chi connectivity index (χ3v) is 3.12. The molecule has 0 unspecified atom stereocenters. The maximum atomic E-state index is 10.9. The molecule has 0 atom stereocenters. The van der Waals surface area contributed by atoms with Crippen LogP contribution in [0.15, 0.2) is 30.6 Å². The average Bonchev–Trinajstić information content (AvgIpc) is 2.86. The van der Waals surface area contributed by atoms with Crippen molar-refractivity contribution in [2.75, 3.05) is 0 Å². The van der Waals surface area contributed by atoms with E-state index in [0.29, 0.717) is 11.3 Å². The fraction of sp³-hybridized carbons (Fsp3) is 0.357. The molecule has 0 amide bonds. The lowest BCUT2D eigenvalue weighted by Crippen LogP contribution is -2.01. The third kappa shape index (κ3) is 2.96. The summed E-state index contributed by atoms with van der Waals surface area (Å²) < 4.78 is 7.43. The molecule has 20 heavy (non-hydrogen) atoms. The lowest BCUT2D eigenvalue weighted by atomic mass is 10.1.